The zero-order valence-electron chi connectivity index (χ0n) is 30.1. The molecule has 0 aromatic heterocycles. The fraction of sp³-hybridized carbons (Fsp3) is 0.590. The number of likely N-dealkylation sites (tertiary alicyclic amines) is 3. The molecule has 2 aromatic carbocycles. The number of anilines is 1. The van der Waals surface area contributed by atoms with Crippen molar-refractivity contribution >= 4 is 61.7 Å². The lowest BCUT2D eigenvalue weighted by atomic mass is 9.79. The Labute approximate surface area is 324 Å². The summed E-state index contributed by atoms with van der Waals surface area (Å²) in [5.41, 5.74) is 2.86. The lowest BCUT2D eigenvalue weighted by Crippen LogP contribution is -2.52. The highest BCUT2D eigenvalue weighted by Crippen LogP contribution is 2.33. The summed E-state index contributed by atoms with van der Waals surface area (Å²) in [5, 5.41) is 3.05. The quantitative estimate of drug-likeness (QED) is 0.259. The zero-order valence-corrected chi connectivity index (χ0v) is 33.2. The van der Waals surface area contributed by atoms with E-state index in [1.807, 2.05) is 57.2 Å². The van der Waals surface area contributed by atoms with Gasteiger partial charge in [-0.15, -0.1) is 0 Å². The number of nitrogens with one attached hydrogen (secondary N) is 1. The molecule has 0 radical (unpaired) electrons. The van der Waals surface area contributed by atoms with E-state index in [4.69, 9.17) is 9.47 Å². The average Bonchev–Trinajstić information content (AvgIpc) is 3.32. The number of halogens is 2. The molecule has 0 bridgehead atoms. The van der Waals surface area contributed by atoms with Gasteiger partial charge in [-0.3, -0.25) is 4.79 Å². The standard InChI is InChI=1S/C39H51Br2N5O6/c1-2-3-22-51-38(49)44-17-10-29(11-18-44)28-8-15-43(16-9-28)36(47)35(25-27-23-31(40)26-32(41)24-27)52-39(50)45-19-13-33(14-20-45)46-21-12-30-6-4-5-7-34(30)42-37(46)48/h4-7,23-24,26,28-29,33,35H,2-3,8-22,25H2,1H3,(H,42,48)/t35-/m1/s1. The van der Waals surface area contributed by atoms with Gasteiger partial charge in [0.15, 0.2) is 6.10 Å². The zero-order chi connectivity index (χ0) is 36.6. The largest absolute Gasteiger partial charge is 0.449 e. The molecule has 13 heteroatoms. The molecule has 4 aliphatic rings. The molecule has 6 rings (SSSR count). The average molecular weight is 846 g/mol. The van der Waals surface area contributed by atoms with Crippen molar-refractivity contribution in [2.24, 2.45) is 11.8 Å². The van der Waals surface area contributed by atoms with E-state index >= 15 is 0 Å². The smallest absolute Gasteiger partial charge is 0.410 e. The summed E-state index contributed by atoms with van der Waals surface area (Å²) < 4.78 is 13.3. The van der Waals surface area contributed by atoms with E-state index in [2.05, 4.69) is 44.1 Å². The van der Waals surface area contributed by atoms with Gasteiger partial charge in [-0.25, -0.2) is 14.4 Å². The van der Waals surface area contributed by atoms with E-state index < -0.39 is 12.2 Å². The summed E-state index contributed by atoms with van der Waals surface area (Å²) in [5.74, 6) is 0.845. The summed E-state index contributed by atoms with van der Waals surface area (Å²) in [6.45, 7) is 6.74. The van der Waals surface area contributed by atoms with Crippen LogP contribution < -0.4 is 5.32 Å². The molecule has 11 nitrogen and oxygen atoms in total. The van der Waals surface area contributed by atoms with E-state index in [0.717, 1.165) is 70.7 Å². The number of carbonyl (C=O) groups is 4. The van der Waals surface area contributed by atoms with Gasteiger partial charge in [0.05, 0.1) is 6.61 Å². The highest BCUT2D eigenvalue weighted by atomic mass is 79.9. The number of benzene rings is 2. The van der Waals surface area contributed by atoms with E-state index in [9.17, 15) is 19.2 Å². The van der Waals surface area contributed by atoms with Gasteiger partial charge >= 0.3 is 18.2 Å². The number of hydrogen-bond donors (Lipinski definition) is 1. The van der Waals surface area contributed by atoms with Crippen molar-refractivity contribution in [1.82, 2.24) is 19.6 Å². The summed E-state index contributed by atoms with van der Waals surface area (Å²) >= 11 is 7.11. The van der Waals surface area contributed by atoms with Crippen LogP contribution in [0.4, 0.5) is 20.1 Å². The summed E-state index contributed by atoms with van der Waals surface area (Å²) in [7, 11) is 0. The van der Waals surface area contributed by atoms with Crippen LogP contribution in [0.15, 0.2) is 51.4 Å². The number of carbonyl (C=O) groups excluding carboxylic acids is 4. The molecule has 0 spiro atoms. The predicted molar refractivity (Wildman–Crippen MR) is 206 cm³/mol. The highest BCUT2D eigenvalue weighted by molar-refractivity contribution is 9.11. The van der Waals surface area contributed by atoms with Crippen LogP contribution in [0.2, 0.25) is 0 Å². The third-order valence-electron chi connectivity index (χ3n) is 11.2. The fourth-order valence-corrected chi connectivity index (χ4v) is 9.55. The number of piperidine rings is 3. The molecule has 5 amide bonds. The molecule has 4 aliphatic heterocycles. The molecule has 0 aliphatic carbocycles. The van der Waals surface area contributed by atoms with Gasteiger partial charge in [0.2, 0.25) is 0 Å². The number of nitrogens with zero attached hydrogens (tertiary/aromatic N) is 4. The predicted octanol–water partition coefficient (Wildman–Crippen LogP) is 7.70. The molecule has 0 saturated carbocycles. The first-order chi connectivity index (χ1) is 25.2. The number of para-hydroxylation sites is 1. The molecule has 4 heterocycles. The Hall–Kier alpha value is -3.32. The Balaban J connectivity index is 1.03. The van der Waals surface area contributed by atoms with Crippen molar-refractivity contribution in [1.29, 1.82) is 0 Å². The van der Waals surface area contributed by atoms with E-state index in [1.54, 1.807) is 4.90 Å². The monoisotopic (exact) mass is 843 g/mol. The van der Waals surface area contributed by atoms with Crippen molar-refractivity contribution in [2.45, 2.75) is 83.3 Å². The van der Waals surface area contributed by atoms with Crippen LogP contribution in [0.3, 0.4) is 0 Å². The van der Waals surface area contributed by atoms with E-state index in [-0.39, 0.29) is 30.5 Å². The van der Waals surface area contributed by atoms with Crippen molar-refractivity contribution in [3.63, 3.8) is 0 Å². The highest BCUT2D eigenvalue weighted by Gasteiger charge is 2.37. The molecule has 3 fully saturated rings. The molecule has 282 valence electrons. The van der Waals surface area contributed by atoms with Crippen molar-refractivity contribution in [3.05, 3.63) is 62.5 Å². The van der Waals surface area contributed by atoms with E-state index in [0.29, 0.717) is 77.1 Å². The summed E-state index contributed by atoms with van der Waals surface area (Å²) in [6.07, 6.45) is 6.24. The van der Waals surface area contributed by atoms with E-state index in [1.165, 1.54) is 0 Å². The number of rotatable bonds is 9. The first-order valence-electron chi connectivity index (χ1n) is 18.9. The first kappa shape index (κ1) is 38.4. The molecule has 2 aromatic rings. The van der Waals surface area contributed by atoms with Gasteiger partial charge in [-0.1, -0.05) is 63.4 Å². The number of ether oxygens (including phenoxy) is 2. The molecule has 1 N–H and O–H groups in total. The van der Waals surface area contributed by atoms with Crippen molar-refractivity contribution in [2.75, 3.05) is 57.7 Å². The van der Waals surface area contributed by atoms with Crippen LogP contribution in [-0.4, -0.2) is 108 Å². The maximum absolute atomic E-state index is 14.1. The second-order valence-corrected chi connectivity index (χ2v) is 16.4. The maximum atomic E-state index is 14.1. The second-order valence-electron chi connectivity index (χ2n) is 14.6. The fourth-order valence-electron chi connectivity index (χ4n) is 8.16. The normalized spacial score (nSPS) is 19.8. The van der Waals surface area contributed by atoms with Crippen molar-refractivity contribution < 1.29 is 28.7 Å². The Bertz CT molecular complexity index is 1550. The Morgan fingerprint density at radius 3 is 2.06 bits per heavy atom. The van der Waals surface area contributed by atoms with Gasteiger partial charge in [0.25, 0.3) is 5.91 Å². The first-order valence-corrected chi connectivity index (χ1v) is 20.5. The number of fused-ring (bicyclic) bond motifs is 1. The van der Waals surface area contributed by atoms with Crippen LogP contribution >= 0.6 is 31.9 Å². The Morgan fingerprint density at radius 1 is 0.808 bits per heavy atom. The lowest BCUT2D eigenvalue weighted by Gasteiger charge is -2.41. The van der Waals surface area contributed by atoms with Gasteiger partial charge in [0.1, 0.15) is 0 Å². The van der Waals surface area contributed by atoms with Crippen LogP contribution in [0.5, 0.6) is 0 Å². The van der Waals surface area contributed by atoms with Crippen molar-refractivity contribution in [3.8, 4) is 0 Å². The minimum Gasteiger partial charge on any atom is -0.449 e. The van der Waals surface area contributed by atoms with Gasteiger partial charge < -0.3 is 34.4 Å². The van der Waals surface area contributed by atoms with Gasteiger partial charge in [0, 0.05) is 72.9 Å². The molecular formula is C39H51Br2N5O6. The third-order valence-corrected chi connectivity index (χ3v) is 12.1. The van der Waals surface area contributed by atoms with Crippen LogP contribution in [0, 0.1) is 11.8 Å². The third kappa shape index (κ3) is 9.80. The Kier molecular flexibility index (Phi) is 13.4. The van der Waals surface area contributed by atoms with Gasteiger partial charge in [-0.2, -0.15) is 0 Å². The minimum atomic E-state index is -0.958. The Morgan fingerprint density at radius 2 is 1.40 bits per heavy atom. The topological polar surface area (TPSA) is 112 Å². The molecule has 0 unspecified atom stereocenters. The van der Waals surface area contributed by atoms with Crippen LogP contribution in [0.1, 0.15) is 69.4 Å². The van der Waals surface area contributed by atoms with Crippen LogP contribution in [0.25, 0.3) is 0 Å². The molecule has 52 heavy (non-hydrogen) atoms. The molecule has 1 atom stereocenters. The SMILES string of the molecule is CCCCOC(=O)N1CCC(C2CCN(C(=O)[C@@H](Cc3cc(Br)cc(Br)c3)OC(=O)N3CCC(N4CCc5ccccc5NC4=O)CC3)CC2)CC1. The summed E-state index contributed by atoms with van der Waals surface area (Å²) in [6, 6.07) is 13.6. The number of urea groups is 1. The molecule has 3 saturated heterocycles. The second kappa shape index (κ2) is 18.1. The van der Waals surface area contributed by atoms with Gasteiger partial charge in [-0.05, 0) is 98.6 Å². The minimum absolute atomic E-state index is 0.0166. The number of hydrogen-bond acceptors (Lipinski definition) is 6. The number of unbranched alkanes of at least 4 members (excludes halogenated alkanes) is 1. The van der Waals surface area contributed by atoms with Crippen LogP contribution in [-0.2, 0) is 27.1 Å². The maximum Gasteiger partial charge on any atom is 0.410 e. The number of amides is 5. The molecular weight excluding hydrogens is 794 g/mol. The lowest BCUT2D eigenvalue weighted by molar-refractivity contribution is -0.142. The summed E-state index contributed by atoms with van der Waals surface area (Å²) in [4.78, 5) is 60.6.